The number of piperazine rings is 1. The van der Waals surface area contributed by atoms with E-state index < -0.39 is 17.4 Å². The maximum atomic E-state index is 14.9. The van der Waals surface area contributed by atoms with Crippen LogP contribution in [0, 0.1) is 5.82 Å². The van der Waals surface area contributed by atoms with Crippen LogP contribution in [0.4, 0.5) is 15.8 Å². The summed E-state index contributed by atoms with van der Waals surface area (Å²) in [4.78, 5) is 35.8. The number of nitrogen functional groups attached to an aromatic ring is 1. The number of cyclic esters (lactones) is 1. The van der Waals surface area contributed by atoms with Crippen molar-refractivity contribution < 1.29 is 23.8 Å². The number of halogens is 1. The van der Waals surface area contributed by atoms with Crippen LogP contribution in [0.5, 0.6) is 5.75 Å². The Hall–Kier alpha value is -4.48. The van der Waals surface area contributed by atoms with Gasteiger partial charge in [0.05, 0.1) is 36.1 Å². The van der Waals surface area contributed by atoms with Gasteiger partial charge in [0, 0.05) is 66.7 Å². The lowest BCUT2D eigenvalue weighted by Crippen LogP contribution is -2.46. The monoisotopic (exact) mass is 585 g/mol. The van der Waals surface area contributed by atoms with Crippen LogP contribution in [0.2, 0.25) is 0 Å². The maximum absolute atomic E-state index is 14.9. The molecule has 7 rings (SSSR count). The Balaban J connectivity index is 1.31. The minimum atomic E-state index is -1.92. The van der Waals surface area contributed by atoms with Gasteiger partial charge in [-0.15, -0.1) is 0 Å². The molecule has 4 aromatic rings. The Morgan fingerprint density at radius 1 is 1.09 bits per heavy atom. The smallest absolute Gasteiger partial charge is 0.343 e. The molecule has 1 fully saturated rings. The average Bonchev–Trinajstić information content (AvgIpc) is 3.38. The Kier molecular flexibility index (Phi) is 6.40. The van der Waals surface area contributed by atoms with E-state index in [0.717, 1.165) is 54.1 Å². The number of aromatic nitrogens is 2. The lowest BCUT2D eigenvalue weighted by molar-refractivity contribution is -0.172. The topological polar surface area (TPSA) is 123 Å². The van der Waals surface area contributed by atoms with E-state index in [1.165, 1.54) is 13.2 Å². The highest BCUT2D eigenvalue weighted by Gasteiger charge is 2.45. The lowest BCUT2D eigenvalue weighted by atomic mass is 9.86. The summed E-state index contributed by atoms with van der Waals surface area (Å²) in [5.41, 5.74) is 9.25. The highest BCUT2D eigenvalue weighted by atomic mass is 19.1. The first-order valence-corrected chi connectivity index (χ1v) is 14.4. The molecule has 10 nitrogen and oxygen atoms in total. The fourth-order valence-corrected chi connectivity index (χ4v) is 6.57. The normalized spacial score (nSPS) is 19.6. The molecule has 0 amide bonds. The molecular formula is C32H32FN5O5. The van der Waals surface area contributed by atoms with E-state index in [9.17, 15) is 19.1 Å². The van der Waals surface area contributed by atoms with E-state index in [0.29, 0.717) is 23.4 Å². The minimum Gasteiger partial charge on any atom is -0.494 e. The molecule has 1 atom stereocenters. The van der Waals surface area contributed by atoms with Crippen LogP contribution >= 0.6 is 0 Å². The minimum absolute atomic E-state index is 0.0539. The molecule has 0 spiro atoms. The van der Waals surface area contributed by atoms with Crippen molar-refractivity contribution in [2.24, 2.45) is 0 Å². The molecule has 0 bridgehead atoms. The van der Waals surface area contributed by atoms with Gasteiger partial charge in [-0.05, 0) is 48.4 Å². The number of nitrogens with two attached hydrogens (primary N) is 1. The van der Waals surface area contributed by atoms with Crippen molar-refractivity contribution in [2.75, 3.05) is 43.9 Å². The molecule has 43 heavy (non-hydrogen) atoms. The Labute approximate surface area is 247 Å². The molecule has 0 aliphatic carbocycles. The maximum Gasteiger partial charge on any atom is 0.343 e. The summed E-state index contributed by atoms with van der Waals surface area (Å²) in [6, 6.07) is 12.6. The van der Waals surface area contributed by atoms with Gasteiger partial charge in [-0.25, -0.2) is 14.2 Å². The van der Waals surface area contributed by atoms with Crippen LogP contribution < -0.4 is 20.9 Å². The number of hydrogen-bond acceptors (Lipinski definition) is 9. The van der Waals surface area contributed by atoms with Crippen molar-refractivity contribution in [3.8, 4) is 17.1 Å². The highest BCUT2D eigenvalue weighted by Crippen LogP contribution is 2.41. The molecule has 3 aliphatic rings. The number of aliphatic hydroxyl groups is 1. The van der Waals surface area contributed by atoms with Crippen molar-refractivity contribution in [3.05, 3.63) is 80.9 Å². The number of pyridine rings is 2. The van der Waals surface area contributed by atoms with Gasteiger partial charge in [0.15, 0.2) is 17.2 Å². The van der Waals surface area contributed by atoms with Gasteiger partial charge >= 0.3 is 5.97 Å². The molecule has 11 heteroatoms. The van der Waals surface area contributed by atoms with Gasteiger partial charge in [-0.1, -0.05) is 6.92 Å². The third kappa shape index (κ3) is 4.25. The average molecular weight is 586 g/mol. The van der Waals surface area contributed by atoms with Crippen LogP contribution in [0.3, 0.4) is 0 Å². The standard InChI is InChI=1S/C32H32FN5O5/c1-3-32(41)24-13-27-29-22(16-38(27)30(39)23(24)17-43-31(32)40)21(20-12-28(42-2)25(33)14-26(20)35-29)15-36-8-10-37(11-9-36)19-6-4-18(34)5-7-19/h4-7,12-14,41H,3,8-11,15-17,34H2,1-2H3/t32-/m0/s1. The fraction of sp³-hybridized carbons (Fsp3) is 0.344. The first-order valence-electron chi connectivity index (χ1n) is 14.4. The van der Waals surface area contributed by atoms with Crippen LogP contribution in [0.1, 0.15) is 35.6 Å². The number of methoxy groups -OCH3 is 1. The van der Waals surface area contributed by atoms with Gasteiger partial charge in [-0.3, -0.25) is 9.69 Å². The predicted molar refractivity (Wildman–Crippen MR) is 159 cm³/mol. The molecule has 3 N–H and O–H groups in total. The third-order valence-corrected chi connectivity index (χ3v) is 9.09. The first-order chi connectivity index (χ1) is 20.7. The molecule has 3 aliphatic heterocycles. The van der Waals surface area contributed by atoms with Gasteiger partial charge in [0.25, 0.3) is 5.56 Å². The number of esters is 1. The van der Waals surface area contributed by atoms with Gasteiger partial charge in [0.2, 0.25) is 0 Å². The first kappa shape index (κ1) is 27.4. The number of benzene rings is 2. The number of nitrogens with zero attached hydrogens (tertiary/aromatic N) is 4. The van der Waals surface area contributed by atoms with E-state index >= 15 is 0 Å². The number of fused-ring (bicyclic) bond motifs is 5. The van der Waals surface area contributed by atoms with Crippen molar-refractivity contribution >= 4 is 28.2 Å². The molecule has 5 heterocycles. The number of hydrogen-bond donors (Lipinski definition) is 2. The third-order valence-electron chi connectivity index (χ3n) is 9.09. The van der Waals surface area contributed by atoms with Crippen molar-refractivity contribution in [1.82, 2.24) is 14.5 Å². The van der Waals surface area contributed by atoms with Crippen molar-refractivity contribution in [1.29, 1.82) is 0 Å². The summed E-state index contributed by atoms with van der Waals surface area (Å²) in [5, 5.41) is 12.0. The van der Waals surface area contributed by atoms with E-state index in [-0.39, 0.29) is 42.0 Å². The Morgan fingerprint density at radius 2 is 1.84 bits per heavy atom. The molecule has 0 unspecified atom stereocenters. The zero-order valence-electron chi connectivity index (χ0n) is 24.0. The summed E-state index contributed by atoms with van der Waals surface area (Å²) in [5.74, 6) is -1.19. The van der Waals surface area contributed by atoms with E-state index in [1.807, 2.05) is 24.3 Å². The molecule has 1 saturated heterocycles. The second-order valence-corrected chi connectivity index (χ2v) is 11.4. The molecule has 0 saturated carbocycles. The summed E-state index contributed by atoms with van der Waals surface area (Å²) >= 11 is 0. The molecular weight excluding hydrogens is 553 g/mol. The van der Waals surface area contributed by atoms with E-state index in [1.54, 1.807) is 23.6 Å². The number of anilines is 2. The summed E-state index contributed by atoms with van der Waals surface area (Å²) in [7, 11) is 1.43. The van der Waals surface area contributed by atoms with Crippen LogP contribution in [-0.2, 0) is 34.8 Å². The lowest BCUT2D eigenvalue weighted by Gasteiger charge is -2.36. The summed E-state index contributed by atoms with van der Waals surface area (Å²) in [6.45, 7) is 5.54. The van der Waals surface area contributed by atoms with E-state index in [2.05, 4.69) is 9.80 Å². The van der Waals surface area contributed by atoms with Gasteiger partial charge in [0.1, 0.15) is 6.61 Å². The number of rotatable bonds is 5. The second kappa shape index (κ2) is 10.1. The van der Waals surface area contributed by atoms with Crippen LogP contribution in [-0.4, -0.2) is 58.8 Å². The largest absolute Gasteiger partial charge is 0.494 e. The molecule has 2 aromatic heterocycles. The Morgan fingerprint density at radius 3 is 2.53 bits per heavy atom. The van der Waals surface area contributed by atoms with Crippen molar-refractivity contribution in [3.63, 3.8) is 0 Å². The summed E-state index contributed by atoms with van der Waals surface area (Å²) < 4.78 is 27.1. The van der Waals surface area contributed by atoms with Gasteiger partial charge in [-0.2, -0.15) is 0 Å². The van der Waals surface area contributed by atoms with Crippen molar-refractivity contribution in [2.45, 2.75) is 38.6 Å². The molecule has 0 radical (unpaired) electrons. The SMILES string of the molecule is CC[C@@]1(O)C(=O)OCc2c1cc1n(c2=O)Cc2c-1nc1cc(F)c(OC)cc1c2CN1CCN(c2ccc(N)cc2)CC1. The molecule has 2 aromatic carbocycles. The zero-order chi connectivity index (χ0) is 30.0. The van der Waals surface area contributed by atoms with E-state index in [4.69, 9.17) is 20.2 Å². The fourth-order valence-electron chi connectivity index (χ4n) is 6.57. The predicted octanol–water partition coefficient (Wildman–Crippen LogP) is 3.13. The zero-order valence-corrected chi connectivity index (χ0v) is 24.0. The molecule has 222 valence electrons. The number of carbonyl (C=O) groups excluding carboxylic acids is 1. The number of ether oxygens (including phenoxy) is 2. The van der Waals surface area contributed by atoms with Crippen LogP contribution in [0.25, 0.3) is 22.3 Å². The second-order valence-electron chi connectivity index (χ2n) is 11.4. The van der Waals surface area contributed by atoms with Gasteiger partial charge < -0.3 is 29.8 Å². The number of carbonyl (C=O) groups is 1. The highest BCUT2D eigenvalue weighted by molar-refractivity contribution is 5.90. The summed E-state index contributed by atoms with van der Waals surface area (Å²) in [6.07, 6.45) is 0.0539. The quantitative estimate of drug-likeness (QED) is 0.237. The Bertz CT molecular complexity index is 1850. The van der Waals surface area contributed by atoms with Crippen LogP contribution in [0.15, 0.2) is 47.3 Å².